The first-order chi connectivity index (χ1) is 12.4. The lowest BCUT2D eigenvalue weighted by Gasteiger charge is -2.43. The first-order valence-electron chi connectivity index (χ1n) is 8.85. The molecule has 0 radical (unpaired) electrons. The van der Waals surface area contributed by atoms with E-state index in [1.807, 2.05) is 42.5 Å². The Balaban J connectivity index is 1.84. The molecule has 2 aromatic carbocycles. The normalized spacial score (nSPS) is 27.0. The van der Waals surface area contributed by atoms with E-state index in [9.17, 15) is 5.11 Å². The van der Waals surface area contributed by atoms with Gasteiger partial charge in [0.25, 0.3) is 0 Å². The van der Waals surface area contributed by atoms with Crippen molar-refractivity contribution in [3.05, 3.63) is 65.7 Å². The summed E-state index contributed by atoms with van der Waals surface area (Å²) < 4.78 is 5.29. The highest BCUT2D eigenvalue weighted by Gasteiger charge is 2.55. The number of amidine groups is 1. The SMILES string of the molecule is COc1ccc(C2(O)C(c3ccccc3)SC3=NCC(C)(C)CN32)cc1. The number of methoxy groups -OCH3 is 1. The van der Waals surface area contributed by atoms with Crippen molar-refractivity contribution in [2.45, 2.75) is 24.8 Å². The standard InChI is InChI=1S/C21H24N2O2S/c1-20(2)13-22-19-23(14-20)21(24,16-9-11-17(25-3)12-10-16)18(26-19)15-7-5-4-6-8-15/h4-12,18,24H,13-14H2,1-3H3. The number of benzene rings is 2. The third kappa shape index (κ3) is 2.79. The average molecular weight is 369 g/mol. The highest BCUT2D eigenvalue weighted by atomic mass is 32.2. The van der Waals surface area contributed by atoms with E-state index in [0.717, 1.165) is 35.1 Å². The fourth-order valence-electron chi connectivity index (χ4n) is 3.68. The molecule has 0 aromatic heterocycles. The summed E-state index contributed by atoms with van der Waals surface area (Å²) in [6.07, 6.45) is 0. The Morgan fingerprint density at radius 3 is 2.46 bits per heavy atom. The van der Waals surface area contributed by atoms with E-state index < -0.39 is 5.72 Å². The van der Waals surface area contributed by atoms with Crippen molar-refractivity contribution in [1.29, 1.82) is 0 Å². The predicted molar refractivity (Wildman–Crippen MR) is 106 cm³/mol. The van der Waals surface area contributed by atoms with Crippen LogP contribution < -0.4 is 4.74 Å². The second kappa shape index (κ2) is 6.32. The maximum atomic E-state index is 12.1. The van der Waals surface area contributed by atoms with Crippen LogP contribution in [0.3, 0.4) is 0 Å². The summed E-state index contributed by atoms with van der Waals surface area (Å²) >= 11 is 1.65. The monoisotopic (exact) mass is 368 g/mol. The molecule has 2 aliphatic rings. The molecular weight excluding hydrogens is 344 g/mol. The van der Waals surface area contributed by atoms with Crippen molar-refractivity contribution in [3.63, 3.8) is 0 Å². The lowest BCUT2D eigenvalue weighted by Crippen LogP contribution is -2.52. The van der Waals surface area contributed by atoms with E-state index in [0.29, 0.717) is 0 Å². The largest absolute Gasteiger partial charge is 0.497 e. The van der Waals surface area contributed by atoms with Gasteiger partial charge in [0.1, 0.15) is 5.75 Å². The Morgan fingerprint density at radius 1 is 1.12 bits per heavy atom. The third-order valence-electron chi connectivity index (χ3n) is 5.08. The fraction of sp³-hybridized carbons (Fsp3) is 0.381. The van der Waals surface area contributed by atoms with Gasteiger partial charge < -0.3 is 14.7 Å². The van der Waals surface area contributed by atoms with E-state index in [1.54, 1.807) is 18.9 Å². The van der Waals surface area contributed by atoms with Gasteiger partial charge in [0.2, 0.25) is 0 Å². The first-order valence-corrected chi connectivity index (χ1v) is 9.73. The molecule has 5 heteroatoms. The molecule has 1 saturated heterocycles. The molecule has 0 amide bonds. The maximum absolute atomic E-state index is 12.1. The molecule has 0 bridgehead atoms. The molecule has 4 nitrogen and oxygen atoms in total. The first kappa shape index (κ1) is 17.4. The number of aliphatic hydroxyl groups is 1. The van der Waals surface area contributed by atoms with Crippen LogP contribution in [0.5, 0.6) is 5.75 Å². The van der Waals surface area contributed by atoms with Crippen LogP contribution in [0, 0.1) is 5.41 Å². The molecule has 0 aliphatic carbocycles. The quantitative estimate of drug-likeness (QED) is 0.889. The summed E-state index contributed by atoms with van der Waals surface area (Å²) in [6.45, 7) is 5.95. The molecule has 26 heavy (non-hydrogen) atoms. The van der Waals surface area contributed by atoms with Crippen molar-refractivity contribution >= 4 is 16.9 Å². The van der Waals surface area contributed by atoms with Gasteiger partial charge in [0, 0.05) is 24.1 Å². The van der Waals surface area contributed by atoms with Crippen molar-refractivity contribution in [1.82, 2.24) is 4.90 Å². The van der Waals surface area contributed by atoms with Gasteiger partial charge in [0.15, 0.2) is 10.9 Å². The Labute approximate surface area is 158 Å². The Hall–Kier alpha value is -1.98. The lowest BCUT2D eigenvalue weighted by molar-refractivity contribution is -0.0856. The van der Waals surface area contributed by atoms with Crippen molar-refractivity contribution in [2.75, 3.05) is 20.2 Å². The minimum atomic E-state index is -1.14. The summed E-state index contributed by atoms with van der Waals surface area (Å²) in [7, 11) is 1.65. The summed E-state index contributed by atoms with van der Waals surface area (Å²) in [5.41, 5.74) is 0.846. The molecule has 1 N–H and O–H groups in total. The van der Waals surface area contributed by atoms with Crippen LogP contribution in [0.1, 0.15) is 30.2 Å². The Bertz CT molecular complexity index is 820. The second-order valence-corrected chi connectivity index (χ2v) is 8.78. The number of thioether (sulfide) groups is 1. The van der Waals surface area contributed by atoms with Gasteiger partial charge in [-0.25, -0.2) is 0 Å². The molecule has 4 rings (SSSR count). The fourth-order valence-corrected chi connectivity index (χ4v) is 5.08. The lowest BCUT2D eigenvalue weighted by atomic mass is 9.87. The molecular formula is C21H24N2O2S. The number of aliphatic imine (C=N–C) groups is 1. The van der Waals surface area contributed by atoms with Crippen molar-refractivity contribution < 1.29 is 9.84 Å². The van der Waals surface area contributed by atoms with E-state index in [-0.39, 0.29) is 10.7 Å². The van der Waals surface area contributed by atoms with Crippen LogP contribution in [0.4, 0.5) is 0 Å². The van der Waals surface area contributed by atoms with Crippen LogP contribution in [0.15, 0.2) is 59.6 Å². The summed E-state index contributed by atoms with van der Waals surface area (Å²) in [6, 6.07) is 17.9. The summed E-state index contributed by atoms with van der Waals surface area (Å²) in [4.78, 5) is 6.88. The van der Waals surface area contributed by atoms with Crippen LogP contribution in [0.25, 0.3) is 0 Å². The predicted octanol–water partition coefficient (Wildman–Crippen LogP) is 4.03. The average Bonchev–Trinajstić information content (AvgIpc) is 2.95. The molecule has 2 atom stereocenters. The minimum absolute atomic E-state index is 0.0239. The van der Waals surface area contributed by atoms with Crippen LogP contribution >= 0.6 is 11.8 Å². The van der Waals surface area contributed by atoms with Crippen LogP contribution in [-0.2, 0) is 5.72 Å². The maximum Gasteiger partial charge on any atom is 0.182 e. The number of rotatable bonds is 3. The van der Waals surface area contributed by atoms with Gasteiger partial charge in [-0.3, -0.25) is 4.99 Å². The zero-order valence-electron chi connectivity index (χ0n) is 15.3. The Kier molecular flexibility index (Phi) is 4.24. The number of nitrogens with zero attached hydrogens (tertiary/aromatic N) is 2. The zero-order chi connectivity index (χ0) is 18.4. The molecule has 0 saturated carbocycles. The van der Waals surface area contributed by atoms with E-state index >= 15 is 0 Å². The molecule has 1 fully saturated rings. The molecule has 2 unspecified atom stereocenters. The van der Waals surface area contributed by atoms with Gasteiger partial charge in [-0.1, -0.05) is 68.1 Å². The smallest absolute Gasteiger partial charge is 0.182 e. The van der Waals surface area contributed by atoms with Gasteiger partial charge in [-0.05, 0) is 17.7 Å². The van der Waals surface area contributed by atoms with Gasteiger partial charge in [-0.15, -0.1) is 0 Å². The molecule has 2 aliphatic heterocycles. The zero-order valence-corrected chi connectivity index (χ0v) is 16.2. The van der Waals surface area contributed by atoms with Crippen molar-refractivity contribution in [2.24, 2.45) is 10.4 Å². The highest BCUT2D eigenvalue weighted by molar-refractivity contribution is 8.14. The van der Waals surface area contributed by atoms with Gasteiger partial charge in [0.05, 0.1) is 12.4 Å². The van der Waals surface area contributed by atoms with E-state index in [4.69, 9.17) is 9.73 Å². The third-order valence-corrected chi connectivity index (χ3v) is 6.47. The molecule has 0 spiro atoms. The topological polar surface area (TPSA) is 45.1 Å². The second-order valence-electron chi connectivity index (χ2n) is 7.71. The summed E-state index contributed by atoms with van der Waals surface area (Å²) in [5.74, 6) is 0.784. The molecule has 2 aromatic rings. The minimum Gasteiger partial charge on any atom is -0.497 e. The summed E-state index contributed by atoms with van der Waals surface area (Å²) in [5, 5.41) is 12.8. The molecule has 2 heterocycles. The number of fused-ring (bicyclic) bond motifs is 1. The number of hydrogen-bond acceptors (Lipinski definition) is 5. The number of ether oxygens (including phenoxy) is 1. The number of hydrogen-bond donors (Lipinski definition) is 1. The van der Waals surface area contributed by atoms with Crippen molar-refractivity contribution in [3.8, 4) is 5.75 Å². The van der Waals surface area contributed by atoms with E-state index in [2.05, 4.69) is 30.9 Å². The highest BCUT2D eigenvalue weighted by Crippen LogP contribution is 2.56. The molecule has 136 valence electrons. The Morgan fingerprint density at radius 2 is 1.81 bits per heavy atom. The van der Waals surface area contributed by atoms with Gasteiger partial charge >= 0.3 is 0 Å². The van der Waals surface area contributed by atoms with Gasteiger partial charge in [-0.2, -0.15) is 0 Å². The van der Waals surface area contributed by atoms with Crippen LogP contribution in [-0.4, -0.2) is 35.4 Å². The van der Waals surface area contributed by atoms with E-state index in [1.165, 1.54) is 0 Å². The van der Waals surface area contributed by atoms with Crippen LogP contribution in [0.2, 0.25) is 0 Å².